The highest BCUT2D eigenvalue weighted by Gasteiger charge is 2.09. The Labute approximate surface area is 123 Å². The van der Waals surface area contributed by atoms with Crippen molar-refractivity contribution in [1.82, 2.24) is 5.32 Å². The molecule has 0 spiro atoms. The molecule has 0 saturated carbocycles. The summed E-state index contributed by atoms with van der Waals surface area (Å²) in [5.74, 6) is -0.0973. The molecule has 0 bridgehead atoms. The van der Waals surface area contributed by atoms with Crippen LogP contribution in [0, 0.1) is 0 Å². The Balaban J connectivity index is 2.55. The second-order valence-corrected chi connectivity index (χ2v) is 6.28. The number of nitrogens with one attached hydrogen (secondary N) is 1. The molecule has 0 heterocycles. The number of alkyl halides is 1. The Morgan fingerprint density at radius 2 is 2.24 bits per heavy atom. The van der Waals surface area contributed by atoms with E-state index < -0.39 is 0 Å². The van der Waals surface area contributed by atoms with Gasteiger partial charge in [-0.15, -0.1) is 0 Å². The summed E-state index contributed by atoms with van der Waals surface area (Å²) in [7, 11) is 0. The van der Waals surface area contributed by atoms with Gasteiger partial charge in [0.2, 0.25) is 0 Å². The second-order valence-electron chi connectivity index (χ2n) is 3.72. The molecule has 0 aliphatic heterocycles. The number of carbonyl (C=O) groups excluding carboxylic acids is 1. The van der Waals surface area contributed by atoms with Gasteiger partial charge in [-0.1, -0.05) is 40.9 Å². The van der Waals surface area contributed by atoms with Crippen LogP contribution in [0.15, 0.2) is 22.7 Å². The van der Waals surface area contributed by atoms with Gasteiger partial charge in [-0.3, -0.25) is 4.79 Å². The first-order valence-corrected chi connectivity index (χ1v) is 7.50. The van der Waals surface area contributed by atoms with Gasteiger partial charge >= 0.3 is 0 Å². The standard InChI is InChI=1S/C12H14Br2ClNO/c1-2-3-9(13)7-16-12(17)8-4-5-10(14)11(15)6-8/h4-6,9H,2-3,7H2,1H3,(H,16,17). The Kier molecular flexibility index (Phi) is 6.52. The molecule has 1 aromatic carbocycles. The summed E-state index contributed by atoms with van der Waals surface area (Å²) in [5.41, 5.74) is 0.578. The summed E-state index contributed by atoms with van der Waals surface area (Å²) < 4.78 is 0.792. The van der Waals surface area contributed by atoms with Crippen LogP contribution in [0.5, 0.6) is 0 Å². The summed E-state index contributed by atoms with van der Waals surface area (Å²) >= 11 is 12.7. The van der Waals surface area contributed by atoms with E-state index in [1.807, 2.05) is 0 Å². The number of hydrogen-bond acceptors (Lipinski definition) is 1. The molecular weight excluding hydrogens is 369 g/mol. The second kappa shape index (κ2) is 7.39. The molecule has 0 aliphatic rings. The predicted octanol–water partition coefficient (Wildman–Crippen LogP) is 4.40. The lowest BCUT2D eigenvalue weighted by molar-refractivity contribution is 0.0953. The average molecular weight is 384 g/mol. The average Bonchev–Trinajstić information content (AvgIpc) is 2.30. The minimum Gasteiger partial charge on any atom is -0.351 e. The monoisotopic (exact) mass is 381 g/mol. The largest absolute Gasteiger partial charge is 0.351 e. The van der Waals surface area contributed by atoms with Crippen LogP contribution in [-0.4, -0.2) is 17.3 Å². The van der Waals surface area contributed by atoms with Crippen molar-refractivity contribution in [3.05, 3.63) is 33.3 Å². The molecule has 5 heteroatoms. The molecule has 1 amide bonds. The molecule has 0 saturated heterocycles. The van der Waals surface area contributed by atoms with E-state index in [2.05, 4.69) is 44.1 Å². The molecule has 1 atom stereocenters. The van der Waals surface area contributed by atoms with E-state index in [9.17, 15) is 4.79 Å². The van der Waals surface area contributed by atoms with E-state index in [-0.39, 0.29) is 5.91 Å². The van der Waals surface area contributed by atoms with Gasteiger partial charge in [-0.05, 0) is 40.5 Å². The molecule has 0 aromatic heterocycles. The maximum atomic E-state index is 11.8. The summed E-state index contributed by atoms with van der Waals surface area (Å²) in [6, 6.07) is 5.17. The van der Waals surface area contributed by atoms with Crippen molar-refractivity contribution in [3.63, 3.8) is 0 Å². The van der Waals surface area contributed by atoms with Crippen LogP contribution in [0.4, 0.5) is 0 Å². The Morgan fingerprint density at radius 3 is 2.82 bits per heavy atom. The normalized spacial score (nSPS) is 12.2. The van der Waals surface area contributed by atoms with E-state index >= 15 is 0 Å². The molecule has 0 radical (unpaired) electrons. The van der Waals surface area contributed by atoms with Crippen LogP contribution in [-0.2, 0) is 0 Å². The number of amides is 1. The zero-order valence-corrected chi connectivity index (χ0v) is 13.4. The van der Waals surface area contributed by atoms with Crippen molar-refractivity contribution < 1.29 is 4.79 Å². The molecular formula is C12H14Br2ClNO. The molecule has 1 aromatic rings. The third-order valence-corrected chi connectivity index (χ3v) is 4.28. The van der Waals surface area contributed by atoms with Crippen LogP contribution in [0.25, 0.3) is 0 Å². The topological polar surface area (TPSA) is 29.1 Å². The number of benzene rings is 1. The minimum atomic E-state index is -0.0973. The molecule has 0 aliphatic carbocycles. The van der Waals surface area contributed by atoms with Gasteiger partial charge < -0.3 is 5.32 Å². The van der Waals surface area contributed by atoms with Gasteiger partial charge in [-0.2, -0.15) is 0 Å². The molecule has 1 N–H and O–H groups in total. The van der Waals surface area contributed by atoms with Gasteiger partial charge in [0.25, 0.3) is 5.91 Å². The van der Waals surface area contributed by atoms with Crippen molar-refractivity contribution in [2.75, 3.05) is 6.54 Å². The number of carbonyl (C=O) groups is 1. The molecule has 1 rings (SSSR count). The summed E-state index contributed by atoms with van der Waals surface area (Å²) in [5, 5.41) is 3.41. The fourth-order valence-electron chi connectivity index (χ4n) is 1.36. The molecule has 0 fully saturated rings. The van der Waals surface area contributed by atoms with Crippen LogP contribution in [0.2, 0.25) is 5.02 Å². The Morgan fingerprint density at radius 1 is 1.53 bits per heavy atom. The van der Waals surface area contributed by atoms with Crippen molar-refractivity contribution in [2.24, 2.45) is 0 Å². The van der Waals surface area contributed by atoms with Crippen molar-refractivity contribution in [1.29, 1.82) is 0 Å². The predicted molar refractivity (Wildman–Crippen MR) is 79.1 cm³/mol. The first-order valence-electron chi connectivity index (χ1n) is 5.42. The number of rotatable bonds is 5. The zero-order valence-electron chi connectivity index (χ0n) is 9.47. The van der Waals surface area contributed by atoms with Gasteiger partial charge in [0.15, 0.2) is 0 Å². The van der Waals surface area contributed by atoms with Crippen molar-refractivity contribution >= 4 is 49.4 Å². The van der Waals surface area contributed by atoms with E-state index in [4.69, 9.17) is 11.6 Å². The quantitative estimate of drug-likeness (QED) is 0.751. The van der Waals surface area contributed by atoms with Gasteiger partial charge in [0.05, 0.1) is 5.02 Å². The maximum Gasteiger partial charge on any atom is 0.251 e. The highest BCUT2D eigenvalue weighted by atomic mass is 79.9. The summed E-state index contributed by atoms with van der Waals surface area (Å²) in [6.07, 6.45) is 2.14. The van der Waals surface area contributed by atoms with Crippen LogP contribution >= 0.6 is 43.5 Å². The lowest BCUT2D eigenvalue weighted by atomic mass is 10.2. The van der Waals surface area contributed by atoms with Crippen LogP contribution in [0.1, 0.15) is 30.1 Å². The Bertz CT molecular complexity index is 398. The van der Waals surface area contributed by atoms with Crippen LogP contribution < -0.4 is 5.32 Å². The first-order chi connectivity index (χ1) is 8.04. The fraction of sp³-hybridized carbons (Fsp3) is 0.417. The number of halogens is 3. The molecule has 94 valence electrons. The first kappa shape index (κ1) is 15.0. The lowest BCUT2D eigenvalue weighted by Crippen LogP contribution is -2.29. The van der Waals surface area contributed by atoms with Crippen molar-refractivity contribution in [3.8, 4) is 0 Å². The van der Waals surface area contributed by atoms with Gasteiger partial charge in [-0.25, -0.2) is 0 Å². The van der Waals surface area contributed by atoms with Crippen LogP contribution in [0.3, 0.4) is 0 Å². The van der Waals surface area contributed by atoms with E-state index in [1.165, 1.54) is 0 Å². The highest BCUT2D eigenvalue weighted by Crippen LogP contribution is 2.23. The fourth-order valence-corrected chi connectivity index (χ4v) is 2.41. The minimum absolute atomic E-state index is 0.0973. The maximum absolute atomic E-state index is 11.8. The third kappa shape index (κ3) is 4.98. The summed E-state index contributed by atoms with van der Waals surface area (Å²) in [4.78, 5) is 12.1. The molecule has 1 unspecified atom stereocenters. The molecule has 17 heavy (non-hydrogen) atoms. The Hall–Kier alpha value is -0.0600. The van der Waals surface area contributed by atoms with Crippen molar-refractivity contribution in [2.45, 2.75) is 24.6 Å². The molecule has 2 nitrogen and oxygen atoms in total. The summed E-state index contributed by atoms with van der Waals surface area (Å²) in [6.45, 7) is 2.74. The van der Waals surface area contributed by atoms with E-state index in [0.717, 1.165) is 17.3 Å². The van der Waals surface area contributed by atoms with E-state index in [0.29, 0.717) is 22.0 Å². The third-order valence-electron chi connectivity index (χ3n) is 2.27. The SMILES string of the molecule is CCCC(Br)CNC(=O)c1ccc(Br)c(Cl)c1. The highest BCUT2D eigenvalue weighted by molar-refractivity contribution is 9.10. The van der Waals surface area contributed by atoms with Gasteiger partial charge in [0.1, 0.15) is 0 Å². The lowest BCUT2D eigenvalue weighted by Gasteiger charge is -2.10. The zero-order chi connectivity index (χ0) is 12.8. The van der Waals surface area contributed by atoms with E-state index in [1.54, 1.807) is 18.2 Å². The smallest absolute Gasteiger partial charge is 0.251 e. The number of hydrogen-bond donors (Lipinski definition) is 1. The van der Waals surface area contributed by atoms with Gasteiger partial charge in [0, 0.05) is 21.4 Å².